The zero-order chi connectivity index (χ0) is 15.8. The zero-order valence-corrected chi connectivity index (χ0v) is 13.6. The molecule has 0 fully saturated rings. The molecule has 0 aliphatic carbocycles. The van der Waals surface area contributed by atoms with Gasteiger partial charge in [0.2, 0.25) is 0 Å². The number of benzene rings is 1. The van der Waals surface area contributed by atoms with Gasteiger partial charge in [-0.2, -0.15) is 0 Å². The Kier molecular flexibility index (Phi) is 7.23. The Labute approximate surface area is 128 Å². The summed E-state index contributed by atoms with van der Waals surface area (Å²) in [5.41, 5.74) is 7.03. The molecule has 1 aromatic rings. The number of nitrogens with two attached hydrogens (primary N) is 1. The second-order valence-corrected chi connectivity index (χ2v) is 5.51. The minimum atomic E-state index is -0.533. The smallest absolute Gasteiger partial charge is 0.260 e. The van der Waals surface area contributed by atoms with Gasteiger partial charge >= 0.3 is 0 Å². The molecular formula is C17H28N2O2. The molecule has 21 heavy (non-hydrogen) atoms. The fourth-order valence-corrected chi connectivity index (χ4v) is 2.22. The molecule has 3 atom stereocenters. The van der Waals surface area contributed by atoms with Crippen LogP contribution in [0.15, 0.2) is 24.3 Å². The van der Waals surface area contributed by atoms with E-state index in [1.54, 1.807) is 6.92 Å². The standard InChI is InChI=1S/C17H28N2O2/c1-5-9-12(3)19-17(20)13(4)21-16-11-8-7-10-14(16)15(18)6-2/h7-8,10-13,15H,5-6,9,18H2,1-4H3,(H,19,20)/t12?,13?,15-/m1/s1. The zero-order valence-electron chi connectivity index (χ0n) is 13.6. The minimum Gasteiger partial charge on any atom is -0.481 e. The Balaban J connectivity index is 2.70. The van der Waals surface area contributed by atoms with E-state index in [9.17, 15) is 4.79 Å². The molecular weight excluding hydrogens is 264 g/mol. The van der Waals surface area contributed by atoms with Gasteiger partial charge in [0, 0.05) is 17.6 Å². The second kappa shape index (κ2) is 8.67. The van der Waals surface area contributed by atoms with Crippen LogP contribution in [-0.4, -0.2) is 18.1 Å². The lowest BCUT2D eigenvalue weighted by Gasteiger charge is -2.21. The van der Waals surface area contributed by atoms with Gasteiger partial charge in [-0.05, 0) is 32.8 Å². The first-order valence-corrected chi connectivity index (χ1v) is 7.81. The van der Waals surface area contributed by atoms with Crippen LogP contribution in [0.5, 0.6) is 5.75 Å². The number of para-hydroxylation sites is 1. The van der Waals surface area contributed by atoms with Gasteiger partial charge in [-0.1, -0.05) is 38.5 Å². The molecule has 1 rings (SSSR count). The van der Waals surface area contributed by atoms with Crippen LogP contribution in [-0.2, 0) is 4.79 Å². The molecule has 1 aromatic carbocycles. The maximum absolute atomic E-state index is 12.1. The summed E-state index contributed by atoms with van der Waals surface area (Å²) in [6.45, 7) is 7.91. The molecule has 1 amide bonds. The van der Waals surface area contributed by atoms with E-state index in [4.69, 9.17) is 10.5 Å². The monoisotopic (exact) mass is 292 g/mol. The van der Waals surface area contributed by atoms with Crippen molar-refractivity contribution in [3.8, 4) is 5.75 Å². The lowest BCUT2D eigenvalue weighted by Crippen LogP contribution is -2.41. The molecule has 0 heterocycles. The number of hydrogen-bond acceptors (Lipinski definition) is 3. The first-order chi connectivity index (χ1) is 9.99. The Hall–Kier alpha value is -1.55. The summed E-state index contributed by atoms with van der Waals surface area (Å²) in [6, 6.07) is 7.74. The molecule has 0 saturated carbocycles. The number of ether oxygens (including phenoxy) is 1. The van der Waals surface area contributed by atoms with E-state index in [1.165, 1.54) is 0 Å². The summed E-state index contributed by atoms with van der Waals surface area (Å²) in [5.74, 6) is 0.605. The number of hydrogen-bond donors (Lipinski definition) is 2. The third-order valence-electron chi connectivity index (χ3n) is 3.54. The highest BCUT2D eigenvalue weighted by Gasteiger charge is 2.19. The number of amides is 1. The predicted octanol–water partition coefficient (Wildman–Crippen LogP) is 3.17. The second-order valence-electron chi connectivity index (χ2n) is 5.51. The molecule has 0 saturated heterocycles. The lowest BCUT2D eigenvalue weighted by molar-refractivity contribution is -0.127. The number of carbonyl (C=O) groups is 1. The van der Waals surface area contributed by atoms with Crippen LogP contribution < -0.4 is 15.8 Å². The molecule has 3 N–H and O–H groups in total. The topological polar surface area (TPSA) is 64.3 Å². The molecule has 0 radical (unpaired) electrons. The van der Waals surface area contributed by atoms with Crippen LogP contribution >= 0.6 is 0 Å². The van der Waals surface area contributed by atoms with Crippen molar-refractivity contribution in [1.29, 1.82) is 0 Å². The van der Waals surface area contributed by atoms with Crippen molar-refractivity contribution in [2.45, 2.75) is 65.1 Å². The van der Waals surface area contributed by atoms with E-state index in [2.05, 4.69) is 12.2 Å². The average Bonchev–Trinajstić information content (AvgIpc) is 2.47. The van der Waals surface area contributed by atoms with Crippen LogP contribution in [0.25, 0.3) is 0 Å². The van der Waals surface area contributed by atoms with E-state index in [0.29, 0.717) is 5.75 Å². The maximum Gasteiger partial charge on any atom is 0.260 e. The molecule has 4 nitrogen and oxygen atoms in total. The summed E-state index contributed by atoms with van der Waals surface area (Å²) < 4.78 is 5.82. The molecule has 0 aliphatic rings. The van der Waals surface area contributed by atoms with E-state index >= 15 is 0 Å². The summed E-state index contributed by atoms with van der Waals surface area (Å²) in [7, 11) is 0. The fraction of sp³-hybridized carbons (Fsp3) is 0.588. The highest BCUT2D eigenvalue weighted by atomic mass is 16.5. The van der Waals surface area contributed by atoms with E-state index < -0.39 is 6.10 Å². The highest BCUT2D eigenvalue weighted by molar-refractivity contribution is 5.81. The van der Waals surface area contributed by atoms with Gasteiger partial charge in [0.1, 0.15) is 5.75 Å². The van der Waals surface area contributed by atoms with E-state index in [0.717, 1.165) is 24.8 Å². The highest BCUT2D eigenvalue weighted by Crippen LogP contribution is 2.26. The lowest BCUT2D eigenvalue weighted by atomic mass is 10.0. The van der Waals surface area contributed by atoms with Gasteiger partial charge < -0.3 is 15.8 Å². The number of rotatable bonds is 8. The van der Waals surface area contributed by atoms with E-state index in [-0.39, 0.29) is 18.0 Å². The van der Waals surface area contributed by atoms with Crippen molar-refractivity contribution in [3.63, 3.8) is 0 Å². The van der Waals surface area contributed by atoms with Gasteiger partial charge in [-0.15, -0.1) is 0 Å². The number of carbonyl (C=O) groups excluding carboxylic acids is 1. The van der Waals surface area contributed by atoms with Crippen LogP contribution in [0.3, 0.4) is 0 Å². The molecule has 0 spiro atoms. The van der Waals surface area contributed by atoms with Crippen molar-refractivity contribution < 1.29 is 9.53 Å². The van der Waals surface area contributed by atoms with Gasteiger partial charge in [0.05, 0.1) is 0 Å². The van der Waals surface area contributed by atoms with Crippen LogP contribution in [0.1, 0.15) is 58.6 Å². The summed E-state index contributed by atoms with van der Waals surface area (Å²) in [5, 5.41) is 2.97. The van der Waals surface area contributed by atoms with E-state index in [1.807, 2.05) is 38.1 Å². The summed E-state index contributed by atoms with van der Waals surface area (Å²) in [4.78, 5) is 12.1. The minimum absolute atomic E-state index is 0.0736. The van der Waals surface area contributed by atoms with Gasteiger partial charge in [-0.3, -0.25) is 4.79 Å². The van der Waals surface area contributed by atoms with Crippen LogP contribution in [0.4, 0.5) is 0 Å². The third-order valence-corrected chi connectivity index (χ3v) is 3.54. The average molecular weight is 292 g/mol. The quantitative estimate of drug-likeness (QED) is 0.773. The van der Waals surface area contributed by atoms with Crippen molar-refractivity contribution in [2.75, 3.05) is 0 Å². The van der Waals surface area contributed by atoms with Gasteiger partial charge in [-0.25, -0.2) is 0 Å². The van der Waals surface area contributed by atoms with Gasteiger partial charge in [0.15, 0.2) is 6.10 Å². The summed E-state index contributed by atoms with van der Waals surface area (Å²) in [6.07, 6.45) is 2.31. The predicted molar refractivity (Wildman–Crippen MR) is 86.3 cm³/mol. The number of nitrogens with one attached hydrogen (secondary N) is 1. The molecule has 2 unspecified atom stereocenters. The fourth-order valence-electron chi connectivity index (χ4n) is 2.22. The Morgan fingerprint density at radius 1 is 1.29 bits per heavy atom. The normalized spacial score (nSPS) is 15.1. The van der Waals surface area contributed by atoms with Crippen molar-refractivity contribution in [3.05, 3.63) is 29.8 Å². The molecule has 0 aromatic heterocycles. The molecule has 4 heteroatoms. The SMILES string of the molecule is CCCC(C)NC(=O)C(C)Oc1ccccc1[C@H](N)CC. The Morgan fingerprint density at radius 2 is 1.95 bits per heavy atom. The maximum atomic E-state index is 12.1. The van der Waals surface area contributed by atoms with Crippen molar-refractivity contribution in [2.24, 2.45) is 5.73 Å². The Morgan fingerprint density at radius 3 is 2.57 bits per heavy atom. The molecule has 0 bridgehead atoms. The molecule has 0 aliphatic heterocycles. The van der Waals surface area contributed by atoms with Crippen LogP contribution in [0.2, 0.25) is 0 Å². The van der Waals surface area contributed by atoms with Crippen molar-refractivity contribution in [1.82, 2.24) is 5.32 Å². The molecule has 118 valence electrons. The first-order valence-electron chi connectivity index (χ1n) is 7.81. The van der Waals surface area contributed by atoms with Crippen molar-refractivity contribution >= 4 is 5.91 Å². The Bertz CT molecular complexity index is 448. The first kappa shape index (κ1) is 17.5. The summed E-state index contributed by atoms with van der Waals surface area (Å²) >= 11 is 0. The largest absolute Gasteiger partial charge is 0.481 e. The van der Waals surface area contributed by atoms with Gasteiger partial charge in [0.25, 0.3) is 5.91 Å². The van der Waals surface area contributed by atoms with Crippen LogP contribution in [0, 0.1) is 0 Å². The third kappa shape index (κ3) is 5.38.